The molecule has 2 nitrogen and oxygen atoms in total. The van der Waals surface area contributed by atoms with Gasteiger partial charge < -0.3 is 4.74 Å². The molecular formula is C8H12O2. The van der Waals surface area contributed by atoms with Gasteiger partial charge in [0, 0.05) is 6.42 Å². The van der Waals surface area contributed by atoms with Gasteiger partial charge in [-0.3, -0.25) is 4.79 Å². The van der Waals surface area contributed by atoms with Crippen LogP contribution in [0.4, 0.5) is 0 Å². The van der Waals surface area contributed by atoms with Gasteiger partial charge in [0.25, 0.3) is 0 Å². The van der Waals surface area contributed by atoms with Gasteiger partial charge in [0.15, 0.2) is 6.61 Å². The first kappa shape index (κ1) is 9.03. The maximum atomic E-state index is 10.6. The Morgan fingerprint density at radius 2 is 2.30 bits per heavy atom. The van der Waals surface area contributed by atoms with Crippen LogP contribution >= 0.6 is 0 Å². The van der Waals surface area contributed by atoms with Gasteiger partial charge >= 0.3 is 5.97 Å². The van der Waals surface area contributed by atoms with Crippen molar-refractivity contribution in [2.45, 2.75) is 26.7 Å². The molecule has 0 radical (unpaired) electrons. The van der Waals surface area contributed by atoms with Crippen LogP contribution in [0.25, 0.3) is 0 Å². The third-order valence-corrected chi connectivity index (χ3v) is 0.936. The van der Waals surface area contributed by atoms with E-state index in [4.69, 9.17) is 4.74 Å². The molecule has 0 saturated carbocycles. The Kier molecular flexibility index (Phi) is 5.56. The van der Waals surface area contributed by atoms with Crippen LogP contribution in [0.3, 0.4) is 0 Å². The Labute approximate surface area is 61.6 Å². The highest BCUT2D eigenvalue weighted by Gasteiger charge is 1.96. The lowest BCUT2D eigenvalue weighted by atomic mass is 10.3. The van der Waals surface area contributed by atoms with E-state index < -0.39 is 0 Å². The van der Waals surface area contributed by atoms with Gasteiger partial charge in [-0.25, -0.2) is 0 Å². The van der Waals surface area contributed by atoms with Gasteiger partial charge in [-0.15, -0.1) is 5.92 Å². The molecule has 0 aliphatic heterocycles. The minimum absolute atomic E-state index is 0.162. The highest BCUT2D eigenvalue weighted by atomic mass is 16.5. The van der Waals surface area contributed by atoms with Crippen molar-refractivity contribution in [2.24, 2.45) is 0 Å². The van der Waals surface area contributed by atoms with Crippen LogP contribution in [0.2, 0.25) is 0 Å². The Hall–Kier alpha value is -0.970. The van der Waals surface area contributed by atoms with Gasteiger partial charge in [0.1, 0.15) is 0 Å². The van der Waals surface area contributed by atoms with E-state index in [0.717, 1.165) is 6.42 Å². The number of carbonyl (C=O) groups excluding carboxylic acids is 1. The van der Waals surface area contributed by atoms with Crippen LogP contribution in [0, 0.1) is 11.8 Å². The number of rotatable bonds is 3. The molecule has 0 amide bonds. The predicted octanol–water partition coefficient (Wildman–Crippen LogP) is 1.35. The number of hydrogen-bond donors (Lipinski definition) is 0. The molecule has 0 aromatic rings. The first-order chi connectivity index (χ1) is 4.81. The summed E-state index contributed by atoms with van der Waals surface area (Å²) in [6.45, 7) is 3.88. The smallest absolute Gasteiger partial charge is 0.306 e. The SMILES string of the molecule is CC#CCOC(=O)CCC. The van der Waals surface area contributed by atoms with Gasteiger partial charge in [0.05, 0.1) is 0 Å². The van der Waals surface area contributed by atoms with Gasteiger partial charge in [-0.2, -0.15) is 0 Å². The standard InChI is InChI=1S/C8H12O2/c1-3-5-7-10-8(9)6-4-2/h4,6-7H2,1-2H3. The maximum Gasteiger partial charge on any atom is 0.306 e. The lowest BCUT2D eigenvalue weighted by Gasteiger charge is -1.96. The zero-order chi connectivity index (χ0) is 7.82. The van der Waals surface area contributed by atoms with Crippen molar-refractivity contribution in [2.75, 3.05) is 6.61 Å². The molecule has 0 N–H and O–H groups in total. The van der Waals surface area contributed by atoms with Gasteiger partial charge in [-0.05, 0) is 13.3 Å². The molecule has 0 unspecified atom stereocenters. The fourth-order valence-electron chi connectivity index (χ4n) is 0.465. The molecule has 0 fully saturated rings. The number of hydrogen-bond acceptors (Lipinski definition) is 2. The summed E-state index contributed by atoms with van der Waals surface area (Å²) >= 11 is 0. The van der Waals surface area contributed by atoms with Crippen molar-refractivity contribution < 1.29 is 9.53 Å². The second kappa shape index (κ2) is 6.15. The number of ether oxygens (including phenoxy) is 1. The first-order valence-electron chi connectivity index (χ1n) is 3.36. The van der Waals surface area contributed by atoms with E-state index in [1.54, 1.807) is 6.92 Å². The number of carbonyl (C=O) groups is 1. The Morgan fingerprint density at radius 3 is 2.80 bits per heavy atom. The molecule has 2 heteroatoms. The van der Waals surface area contributed by atoms with Gasteiger partial charge in [0.2, 0.25) is 0 Å². The molecule has 0 atom stereocenters. The summed E-state index contributed by atoms with van der Waals surface area (Å²) in [6.07, 6.45) is 1.32. The molecule has 0 saturated heterocycles. The Balaban J connectivity index is 3.27. The molecule has 10 heavy (non-hydrogen) atoms. The average molecular weight is 140 g/mol. The van der Waals surface area contributed by atoms with Crippen molar-refractivity contribution in [3.05, 3.63) is 0 Å². The van der Waals surface area contributed by atoms with E-state index in [1.165, 1.54) is 0 Å². The molecule has 0 aromatic carbocycles. The molecule has 0 aromatic heterocycles. The molecule has 56 valence electrons. The quantitative estimate of drug-likeness (QED) is 0.437. The molecular weight excluding hydrogens is 128 g/mol. The topological polar surface area (TPSA) is 26.3 Å². The fraction of sp³-hybridized carbons (Fsp3) is 0.625. The van der Waals surface area contributed by atoms with Crippen molar-refractivity contribution in [1.29, 1.82) is 0 Å². The highest BCUT2D eigenvalue weighted by Crippen LogP contribution is 1.89. The van der Waals surface area contributed by atoms with Crippen LogP contribution < -0.4 is 0 Å². The summed E-state index contributed by atoms with van der Waals surface area (Å²) in [5.74, 6) is 5.12. The van der Waals surface area contributed by atoms with Crippen molar-refractivity contribution >= 4 is 5.97 Å². The summed E-state index contributed by atoms with van der Waals surface area (Å²) in [6, 6.07) is 0. The lowest BCUT2D eigenvalue weighted by molar-refractivity contribution is -0.142. The van der Waals surface area contributed by atoms with E-state index in [9.17, 15) is 4.79 Å². The average Bonchev–Trinajstić information content (AvgIpc) is 1.89. The summed E-state index contributed by atoms with van der Waals surface area (Å²) in [5, 5.41) is 0. The second-order valence-corrected chi connectivity index (χ2v) is 1.84. The van der Waals surface area contributed by atoms with Crippen molar-refractivity contribution in [3.63, 3.8) is 0 Å². The third-order valence-electron chi connectivity index (χ3n) is 0.936. The summed E-state index contributed by atoms with van der Waals surface area (Å²) < 4.78 is 4.71. The van der Waals surface area contributed by atoms with Crippen LogP contribution in [0.15, 0.2) is 0 Å². The zero-order valence-corrected chi connectivity index (χ0v) is 6.44. The third kappa shape index (κ3) is 5.17. The maximum absolute atomic E-state index is 10.6. The molecule has 0 heterocycles. The Morgan fingerprint density at radius 1 is 1.60 bits per heavy atom. The van der Waals surface area contributed by atoms with Crippen LogP contribution in [0.1, 0.15) is 26.7 Å². The molecule has 0 spiro atoms. The van der Waals surface area contributed by atoms with Crippen LogP contribution in [0.5, 0.6) is 0 Å². The van der Waals surface area contributed by atoms with E-state index in [0.29, 0.717) is 6.42 Å². The monoisotopic (exact) mass is 140 g/mol. The highest BCUT2D eigenvalue weighted by molar-refractivity contribution is 5.69. The lowest BCUT2D eigenvalue weighted by Crippen LogP contribution is -2.03. The predicted molar refractivity (Wildman–Crippen MR) is 39.3 cm³/mol. The normalized spacial score (nSPS) is 7.80. The summed E-state index contributed by atoms with van der Waals surface area (Å²) in [4.78, 5) is 10.6. The summed E-state index contributed by atoms with van der Waals surface area (Å²) in [5.41, 5.74) is 0. The molecule has 0 aliphatic carbocycles. The zero-order valence-electron chi connectivity index (χ0n) is 6.44. The first-order valence-corrected chi connectivity index (χ1v) is 3.36. The van der Waals surface area contributed by atoms with E-state index in [2.05, 4.69) is 11.8 Å². The molecule has 0 aliphatic rings. The summed E-state index contributed by atoms with van der Waals surface area (Å²) in [7, 11) is 0. The molecule has 0 rings (SSSR count). The molecule has 0 bridgehead atoms. The minimum Gasteiger partial charge on any atom is -0.452 e. The van der Waals surface area contributed by atoms with E-state index in [1.807, 2.05) is 6.92 Å². The Bertz CT molecular complexity index is 150. The largest absolute Gasteiger partial charge is 0.452 e. The van der Waals surface area contributed by atoms with E-state index in [-0.39, 0.29) is 12.6 Å². The van der Waals surface area contributed by atoms with Gasteiger partial charge in [-0.1, -0.05) is 12.8 Å². The van der Waals surface area contributed by atoms with Crippen molar-refractivity contribution in [1.82, 2.24) is 0 Å². The van der Waals surface area contributed by atoms with Crippen molar-refractivity contribution in [3.8, 4) is 11.8 Å². The van der Waals surface area contributed by atoms with Crippen LogP contribution in [-0.4, -0.2) is 12.6 Å². The van der Waals surface area contributed by atoms with Crippen LogP contribution in [-0.2, 0) is 9.53 Å². The second-order valence-electron chi connectivity index (χ2n) is 1.84. The van der Waals surface area contributed by atoms with E-state index >= 15 is 0 Å². The minimum atomic E-state index is -0.162. The fourth-order valence-corrected chi connectivity index (χ4v) is 0.465. The number of esters is 1.